The Bertz CT molecular complexity index is 378. The molecule has 0 aliphatic carbocycles. The number of morpholine rings is 1. The lowest BCUT2D eigenvalue weighted by Gasteiger charge is -2.27. The van der Waals surface area contributed by atoms with Gasteiger partial charge in [0.25, 0.3) is 0 Å². The second-order valence-electron chi connectivity index (χ2n) is 3.96. The average Bonchev–Trinajstić information content (AvgIpc) is 2.27. The predicted octanol–water partition coefficient (Wildman–Crippen LogP) is 1.34. The van der Waals surface area contributed by atoms with Crippen LogP contribution in [0.4, 0.5) is 11.4 Å². The van der Waals surface area contributed by atoms with Crippen molar-refractivity contribution >= 4 is 23.0 Å². The van der Waals surface area contributed by atoms with Gasteiger partial charge in [-0.3, -0.25) is 4.90 Å². The van der Waals surface area contributed by atoms with Crippen molar-refractivity contribution in [3.05, 3.63) is 22.7 Å². The van der Waals surface area contributed by atoms with Gasteiger partial charge in [-0.15, -0.1) is 0 Å². The smallest absolute Gasteiger partial charge is 0.0594 e. The normalized spacial score (nSPS) is 17.6. The fourth-order valence-corrected chi connectivity index (χ4v) is 2.08. The first-order valence-electron chi connectivity index (χ1n) is 5.30. The molecule has 1 aromatic carbocycles. The first-order chi connectivity index (χ1) is 7.66. The Morgan fingerprint density at radius 1 is 1.25 bits per heavy atom. The number of nitrogens with two attached hydrogens (primary N) is 2. The van der Waals surface area contributed by atoms with Crippen LogP contribution in [0.15, 0.2) is 12.1 Å². The molecule has 4 nitrogen and oxygen atoms in total. The zero-order valence-corrected chi connectivity index (χ0v) is 9.83. The van der Waals surface area contributed by atoms with Crippen molar-refractivity contribution in [2.45, 2.75) is 6.54 Å². The summed E-state index contributed by atoms with van der Waals surface area (Å²) in [6, 6.07) is 3.56. The summed E-state index contributed by atoms with van der Waals surface area (Å²) in [5.74, 6) is 0. The molecule has 0 aromatic heterocycles. The molecule has 5 heteroatoms. The van der Waals surface area contributed by atoms with E-state index in [-0.39, 0.29) is 0 Å². The maximum absolute atomic E-state index is 5.96. The van der Waals surface area contributed by atoms with Gasteiger partial charge in [-0.1, -0.05) is 11.6 Å². The second kappa shape index (κ2) is 4.91. The molecule has 1 aliphatic heterocycles. The van der Waals surface area contributed by atoms with E-state index in [0.29, 0.717) is 16.4 Å². The topological polar surface area (TPSA) is 64.5 Å². The van der Waals surface area contributed by atoms with Gasteiger partial charge < -0.3 is 16.2 Å². The molecule has 0 spiro atoms. The number of rotatable bonds is 2. The molecule has 88 valence electrons. The van der Waals surface area contributed by atoms with Crippen LogP contribution in [-0.2, 0) is 11.3 Å². The highest BCUT2D eigenvalue weighted by molar-refractivity contribution is 6.31. The van der Waals surface area contributed by atoms with E-state index in [1.807, 2.05) is 6.07 Å². The number of anilines is 2. The summed E-state index contributed by atoms with van der Waals surface area (Å²) in [5, 5.41) is 0.634. The van der Waals surface area contributed by atoms with E-state index < -0.39 is 0 Å². The lowest BCUT2D eigenvalue weighted by Crippen LogP contribution is -2.35. The molecular weight excluding hydrogens is 226 g/mol. The van der Waals surface area contributed by atoms with Gasteiger partial charge in [-0.25, -0.2) is 0 Å². The molecule has 1 aromatic rings. The van der Waals surface area contributed by atoms with Crippen LogP contribution in [0.3, 0.4) is 0 Å². The van der Waals surface area contributed by atoms with Gasteiger partial charge in [0, 0.05) is 24.7 Å². The number of hydrogen-bond acceptors (Lipinski definition) is 4. The van der Waals surface area contributed by atoms with Crippen LogP contribution in [0.25, 0.3) is 0 Å². The molecule has 1 heterocycles. The van der Waals surface area contributed by atoms with Gasteiger partial charge in [-0.2, -0.15) is 0 Å². The summed E-state index contributed by atoms with van der Waals surface area (Å²) in [6.45, 7) is 4.17. The van der Waals surface area contributed by atoms with Gasteiger partial charge in [0.15, 0.2) is 0 Å². The van der Waals surface area contributed by atoms with E-state index in [1.54, 1.807) is 6.07 Å². The summed E-state index contributed by atoms with van der Waals surface area (Å²) in [6.07, 6.45) is 0. The van der Waals surface area contributed by atoms with Crippen LogP contribution in [0, 0.1) is 0 Å². The van der Waals surface area contributed by atoms with E-state index in [0.717, 1.165) is 38.4 Å². The fraction of sp³-hybridized carbons (Fsp3) is 0.455. The van der Waals surface area contributed by atoms with E-state index in [2.05, 4.69) is 4.90 Å². The molecule has 16 heavy (non-hydrogen) atoms. The third-order valence-electron chi connectivity index (χ3n) is 2.76. The van der Waals surface area contributed by atoms with Crippen molar-refractivity contribution in [1.82, 2.24) is 4.90 Å². The minimum Gasteiger partial charge on any atom is -0.397 e. The number of nitrogen functional groups attached to an aromatic ring is 2. The average molecular weight is 242 g/mol. The van der Waals surface area contributed by atoms with Crippen LogP contribution in [0.5, 0.6) is 0 Å². The maximum atomic E-state index is 5.96. The largest absolute Gasteiger partial charge is 0.397 e. The maximum Gasteiger partial charge on any atom is 0.0594 e. The lowest BCUT2D eigenvalue weighted by atomic mass is 10.1. The standard InChI is InChI=1S/C11H16ClN3O/c12-9-5-8(11(14)10(13)6-9)7-15-1-3-16-4-2-15/h5-6H,1-4,7,13-14H2. The highest BCUT2D eigenvalue weighted by atomic mass is 35.5. The fourth-order valence-electron chi connectivity index (χ4n) is 1.83. The molecular formula is C11H16ClN3O. The van der Waals surface area contributed by atoms with Gasteiger partial charge >= 0.3 is 0 Å². The summed E-state index contributed by atoms with van der Waals surface area (Å²) < 4.78 is 5.29. The van der Waals surface area contributed by atoms with Crippen LogP contribution >= 0.6 is 11.6 Å². The molecule has 0 unspecified atom stereocenters. The zero-order chi connectivity index (χ0) is 11.5. The van der Waals surface area contributed by atoms with Crippen molar-refractivity contribution in [3.63, 3.8) is 0 Å². The molecule has 1 fully saturated rings. The SMILES string of the molecule is Nc1cc(Cl)cc(CN2CCOCC2)c1N. The quantitative estimate of drug-likeness (QED) is 0.767. The molecule has 0 radical (unpaired) electrons. The Morgan fingerprint density at radius 3 is 2.62 bits per heavy atom. The third kappa shape index (κ3) is 2.58. The van der Waals surface area contributed by atoms with Crippen molar-refractivity contribution in [1.29, 1.82) is 0 Å². The van der Waals surface area contributed by atoms with Crippen molar-refractivity contribution in [2.24, 2.45) is 0 Å². The number of nitrogens with zero attached hydrogens (tertiary/aromatic N) is 1. The number of benzene rings is 1. The minimum absolute atomic E-state index is 0.552. The van der Waals surface area contributed by atoms with E-state index >= 15 is 0 Å². The lowest BCUT2D eigenvalue weighted by molar-refractivity contribution is 0.0343. The first kappa shape index (κ1) is 11.5. The zero-order valence-electron chi connectivity index (χ0n) is 9.08. The van der Waals surface area contributed by atoms with Crippen LogP contribution in [0.1, 0.15) is 5.56 Å². The van der Waals surface area contributed by atoms with Crippen LogP contribution in [-0.4, -0.2) is 31.2 Å². The first-order valence-corrected chi connectivity index (χ1v) is 5.68. The molecule has 2 rings (SSSR count). The molecule has 0 bridgehead atoms. The highest BCUT2D eigenvalue weighted by Gasteiger charge is 2.13. The summed E-state index contributed by atoms with van der Waals surface area (Å²) in [7, 11) is 0. The number of hydrogen-bond donors (Lipinski definition) is 2. The molecule has 1 aliphatic rings. The van der Waals surface area contributed by atoms with E-state index in [1.165, 1.54) is 0 Å². The Balaban J connectivity index is 2.13. The van der Waals surface area contributed by atoms with Crippen LogP contribution in [0.2, 0.25) is 5.02 Å². The summed E-state index contributed by atoms with van der Waals surface area (Å²) in [4.78, 5) is 2.28. The second-order valence-corrected chi connectivity index (χ2v) is 4.39. The van der Waals surface area contributed by atoms with Gasteiger partial charge in [0.2, 0.25) is 0 Å². The Labute approximate surface area is 100 Å². The molecule has 0 amide bonds. The van der Waals surface area contributed by atoms with Crippen molar-refractivity contribution in [2.75, 3.05) is 37.8 Å². The van der Waals surface area contributed by atoms with Crippen molar-refractivity contribution in [3.8, 4) is 0 Å². The van der Waals surface area contributed by atoms with Gasteiger partial charge in [-0.05, 0) is 17.7 Å². The summed E-state index contributed by atoms with van der Waals surface area (Å²) >= 11 is 5.96. The predicted molar refractivity (Wildman–Crippen MR) is 66.4 cm³/mol. The molecule has 0 atom stereocenters. The minimum atomic E-state index is 0.552. The third-order valence-corrected chi connectivity index (χ3v) is 2.98. The number of ether oxygens (including phenoxy) is 1. The number of halogens is 1. The monoisotopic (exact) mass is 241 g/mol. The van der Waals surface area contributed by atoms with E-state index in [9.17, 15) is 0 Å². The van der Waals surface area contributed by atoms with Gasteiger partial charge in [0.1, 0.15) is 0 Å². The molecule has 4 N–H and O–H groups in total. The highest BCUT2D eigenvalue weighted by Crippen LogP contribution is 2.26. The Kier molecular flexibility index (Phi) is 3.53. The van der Waals surface area contributed by atoms with Gasteiger partial charge in [0.05, 0.1) is 24.6 Å². The van der Waals surface area contributed by atoms with Crippen LogP contribution < -0.4 is 11.5 Å². The van der Waals surface area contributed by atoms with E-state index in [4.69, 9.17) is 27.8 Å². The van der Waals surface area contributed by atoms with Crippen molar-refractivity contribution < 1.29 is 4.74 Å². The Hall–Kier alpha value is -0.970. The molecule has 1 saturated heterocycles. The summed E-state index contributed by atoms with van der Waals surface area (Å²) in [5.41, 5.74) is 13.9. The molecule has 0 saturated carbocycles. The Morgan fingerprint density at radius 2 is 1.94 bits per heavy atom.